The summed E-state index contributed by atoms with van der Waals surface area (Å²) in [6, 6.07) is 15.5. The number of benzene rings is 2. The van der Waals surface area contributed by atoms with E-state index in [4.69, 9.17) is 21.6 Å². The van der Waals surface area contributed by atoms with E-state index in [1.54, 1.807) is 0 Å². The molecule has 7 heteroatoms. The summed E-state index contributed by atoms with van der Waals surface area (Å²) in [7, 11) is 0. The molecule has 1 fully saturated rings. The molecule has 0 aromatic heterocycles. The molecule has 3 aliphatic rings. The summed E-state index contributed by atoms with van der Waals surface area (Å²) in [5, 5.41) is 14.4. The van der Waals surface area contributed by atoms with Gasteiger partial charge in [0.25, 0.3) is 5.91 Å². The van der Waals surface area contributed by atoms with Crippen molar-refractivity contribution in [1.29, 1.82) is 5.26 Å². The first-order chi connectivity index (χ1) is 15.6. The van der Waals surface area contributed by atoms with Gasteiger partial charge in [-0.2, -0.15) is 5.26 Å². The highest BCUT2D eigenvalue weighted by Crippen LogP contribution is 2.33. The second-order valence-corrected chi connectivity index (χ2v) is 8.11. The van der Waals surface area contributed by atoms with Crippen LogP contribution in [0.5, 0.6) is 5.75 Å². The average Bonchev–Trinajstić information content (AvgIpc) is 3.57. The van der Waals surface area contributed by atoms with Gasteiger partial charge < -0.3 is 15.4 Å². The predicted molar refractivity (Wildman–Crippen MR) is 124 cm³/mol. The normalized spacial score (nSPS) is 17.8. The highest BCUT2D eigenvalue weighted by Gasteiger charge is 2.42. The van der Waals surface area contributed by atoms with E-state index in [0.29, 0.717) is 30.3 Å². The molecule has 2 amide bonds. The number of rotatable bonds is 2. The maximum absolute atomic E-state index is 12.4. The summed E-state index contributed by atoms with van der Waals surface area (Å²) in [5.41, 5.74) is 2.42. The quantitative estimate of drug-likeness (QED) is 0.533. The van der Waals surface area contributed by atoms with Crippen LogP contribution in [0.3, 0.4) is 0 Å². The molecular formula is C25H26ClN3O3. The lowest BCUT2D eigenvalue weighted by molar-refractivity contribution is -0.110. The molecule has 166 valence electrons. The van der Waals surface area contributed by atoms with Gasteiger partial charge in [0.1, 0.15) is 17.9 Å². The zero-order valence-corrected chi connectivity index (χ0v) is 18.5. The smallest absolute Gasteiger partial charge is 0.251 e. The van der Waals surface area contributed by atoms with Crippen molar-refractivity contribution in [2.45, 2.75) is 37.6 Å². The number of nitrogens with zero attached hydrogens (tertiary/aromatic N) is 1. The standard InChI is InChI=1S/C20H20ClNO2.C5H6N2O/c21-18-14-15-9-10-19(18)24-13-5-1-2-6-16-7-3-4-8-17(16)20(23)22-12-11-15;6-3-5(1-2-5)7-4-8/h1,3-5,7-10,14H,2,6,11-13H2,(H,22,23);4H,1-2H2,(H,7,8)/b5-1+;. The fourth-order valence-electron chi connectivity index (χ4n) is 3.28. The second-order valence-electron chi connectivity index (χ2n) is 7.71. The number of ether oxygens (including phenoxy) is 1. The lowest BCUT2D eigenvalue weighted by Crippen LogP contribution is -2.27. The molecule has 2 bridgehead atoms. The Morgan fingerprint density at radius 2 is 1.97 bits per heavy atom. The van der Waals surface area contributed by atoms with E-state index >= 15 is 0 Å². The Balaban J connectivity index is 0.000000305. The molecule has 2 N–H and O–H groups in total. The summed E-state index contributed by atoms with van der Waals surface area (Å²) in [6.07, 6.45) is 8.67. The largest absolute Gasteiger partial charge is 0.488 e. The average molecular weight is 452 g/mol. The van der Waals surface area contributed by atoms with Crippen molar-refractivity contribution in [3.63, 3.8) is 0 Å². The van der Waals surface area contributed by atoms with Gasteiger partial charge in [-0.3, -0.25) is 9.59 Å². The Morgan fingerprint density at radius 3 is 2.66 bits per heavy atom. The molecule has 1 aliphatic carbocycles. The number of allylic oxidation sites excluding steroid dienone is 1. The minimum Gasteiger partial charge on any atom is -0.488 e. The summed E-state index contributed by atoms with van der Waals surface area (Å²) in [6.45, 7) is 1.06. The van der Waals surface area contributed by atoms with Crippen LogP contribution in [0.15, 0.2) is 54.6 Å². The van der Waals surface area contributed by atoms with Crippen LogP contribution in [0.1, 0.15) is 40.7 Å². The molecular weight excluding hydrogens is 426 g/mol. The van der Waals surface area contributed by atoms with Crippen molar-refractivity contribution >= 4 is 23.9 Å². The van der Waals surface area contributed by atoms with Crippen LogP contribution in [0, 0.1) is 11.3 Å². The maximum atomic E-state index is 12.4. The van der Waals surface area contributed by atoms with Crippen LogP contribution < -0.4 is 15.4 Å². The molecule has 1 saturated carbocycles. The number of hydrogen-bond acceptors (Lipinski definition) is 4. The van der Waals surface area contributed by atoms with E-state index in [1.807, 2.05) is 54.6 Å². The van der Waals surface area contributed by atoms with Crippen molar-refractivity contribution in [3.05, 3.63) is 76.3 Å². The molecule has 0 atom stereocenters. The lowest BCUT2D eigenvalue weighted by Gasteiger charge is -2.11. The molecule has 0 radical (unpaired) electrons. The Bertz CT molecular complexity index is 1030. The van der Waals surface area contributed by atoms with Crippen molar-refractivity contribution in [3.8, 4) is 11.8 Å². The molecule has 2 aromatic carbocycles. The van der Waals surface area contributed by atoms with Gasteiger partial charge in [-0.25, -0.2) is 0 Å². The van der Waals surface area contributed by atoms with Crippen molar-refractivity contribution < 1.29 is 14.3 Å². The van der Waals surface area contributed by atoms with Crippen molar-refractivity contribution in [2.24, 2.45) is 0 Å². The third-order valence-electron chi connectivity index (χ3n) is 5.34. The Labute approximate surface area is 193 Å². The fraction of sp³-hybridized carbons (Fsp3) is 0.320. The highest BCUT2D eigenvalue weighted by atomic mass is 35.5. The Kier molecular flexibility index (Phi) is 8.29. The number of carbonyl (C=O) groups is 2. The van der Waals surface area contributed by atoms with Crippen molar-refractivity contribution in [2.75, 3.05) is 13.2 Å². The van der Waals surface area contributed by atoms with Gasteiger partial charge >= 0.3 is 0 Å². The van der Waals surface area contributed by atoms with Gasteiger partial charge in [0.2, 0.25) is 6.41 Å². The minimum absolute atomic E-state index is 0.0206. The predicted octanol–water partition coefficient (Wildman–Crippen LogP) is 3.98. The van der Waals surface area contributed by atoms with Gasteiger partial charge in [0.15, 0.2) is 0 Å². The fourth-order valence-corrected chi connectivity index (χ4v) is 3.54. The second kappa shape index (κ2) is 11.4. The van der Waals surface area contributed by atoms with Crippen LogP contribution in [0.2, 0.25) is 5.02 Å². The number of aryl methyl sites for hydroxylation is 1. The number of nitriles is 1. The van der Waals surface area contributed by atoms with Gasteiger partial charge in [-0.1, -0.05) is 48.0 Å². The Hall–Kier alpha value is -3.30. The van der Waals surface area contributed by atoms with Gasteiger partial charge in [-0.05, 0) is 61.4 Å². The first-order valence-electron chi connectivity index (χ1n) is 10.6. The number of hydrogen-bond donors (Lipinski definition) is 2. The van der Waals surface area contributed by atoms with Crippen LogP contribution in [0.4, 0.5) is 0 Å². The number of amides is 2. The monoisotopic (exact) mass is 451 g/mol. The third-order valence-corrected chi connectivity index (χ3v) is 5.63. The molecule has 5 rings (SSSR count). The summed E-state index contributed by atoms with van der Waals surface area (Å²) >= 11 is 6.25. The Morgan fingerprint density at radius 1 is 1.16 bits per heavy atom. The number of fused-ring (bicyclic) bond motifs is 9. The summed E-state index contributed by atoms with van der Waals surface area (Å²) in [4.78, 5) is 22.2. The summed E-state index contributed by atoms with van der Waals surface area (Å²) < 4.78 is 5.69. The van der Waals surface area contributed by atoms with Crippen molar-refractivity contribution in [1.82, 2.24) is 10.6 Å². The number of nitrogens with one attached hydrogen (secondary N) is 2. The molecule has 6 nitrogen and oxygen atoms in total. The molecule has 0 saturated heterocycles. The molecule has 2 aromatic rings. The maximum Gasteiger partial charge on any atom is 0.251 e. The van der Waals surface area contributed by atoms with E-state index in [9.17, 15) is 9.59 Å². The molecule has 2 aliphatic heterocycles. The van der Waals surface area contributed by atoms with E-state index < -0.39 is 5.54 Å². The topological polar surface area (TPSA) is 91.2 Å². The molecule has 32 heavy (non-hydrogen) atoms. The minimum atomic E-state index is -0.470. The third kappa shape index (κ3) is 6.60. The van der Waals surface area contributed by atoms with Crippen LogP contribution in [-0.4, -0.2) is 31.0 Å². The lowest BCUT2D eigenvalue weighted by atomic mass is 10.0. The zero-order chi connectivity index (χ0) is 22.8. The highest BCUT2D eigenvalue weighted by molar-refractivity contribution is 6.32. The first-order valence-corrected chi connectivity index (χ1v) is 11.0. The van der Waals surface area contributed by atoms with Gasteiger partial charge in [-0.15, -0.1) is 0 Å². The molecule has 2 heterocycles. The van der Waals surface area contributed by atoms with E-state index in [-0.39, 0.29) is 5.91 Å². The number of halogens is 1. The molecule has 0 unspecified atom stereocenters. The van der Waals surface area contributed by atoms with Gasteiger partial charge in [0.05, 0.1) is 11.1 Å². The SMILES string of the molecule is N#CC1(NC=O)CC1.O=C1NCCc2ccc(c(Cl)c2)OC/C=C/CCc2ccccc21. The number of carbonyl (C=O) groups excluding carboxylic acids is 2. The summed E-state index contributed by atoms with van der Waals surface area (Å²) in [5.74, 6) is 0.666. The van der Waals surface area contributed by atoms with E-state index in [0.717, 1.165) is 48.8 Å². The molecule has 0 spiro atoms. The van der Waals surface area contributed by atoms with Gasteiger partial charge in [0, 0.05) is 12.1 Å². The van der Waals surface area contributed by atoms with E-state index in [2.05, 4.69) is 16.7 Å². The van der Waals surface area contributed by atoms with Crippen LogP contribution >= 0.6 is 11.6 Å². The van der Waals surface area contributed by atoms with Crippen LogP contribution in [0.25, 0.3) is 0 Å². The first kappa shape index (κ1) is 23.4. The zero-order valence-electron chi connectivity index (χ0n) is 17.8. The van der Waals surface area contributed by atoms with Crippen LogP contribution in [-0.2, 0) is 17.6 Å². The van der Waals surface area contributed by atoms with E-state index in [1.165, 1.54) is 0 Å².